The Balaban J connectivity index is 3.63. The van der Waals surface area contributed by atoms with Crippen LogP contribution in [0.3, 0.4) is 0 Å². The average Bonchev–Trinajstić information content (AvgIpc) is 2.35. The Morgan fingerprint density at radius 1 is 1.00 bits per heavy atom. The zero-order valence-corrected chi connectivity index (χ0v) is 12.5. The number of nitrogens with two attached hydrogens (primary N) is 1. The average molecular weight is 296 g/mol. The van der Waals surface area contributed by atoms with Gasteiger partial charge in [-0.25, -0.2) is 0 Å². The summed E-state index contributed by atoms with van der Waals surface area (Å²) in [5.74, 6) is -1.16. The number of rotatable bonds is 10. The number of carbonyl (C=O) groups excluding carboxylic acids is 1. The molecule has 0 fully saturated rings. The minimum absolute atomic E-state index is 0.247. The highest BCUT2D eigenvalue weighted by Gasteiger charge is 2.53. The first-order valence-electron chi connectivity index (χ1n) is 7.37. The molecule has 3 N–H and O–H groups in total. The van der Waals surface area contributed by atoms with E-state index in [1.165, 1.54) is 25.7 Å². The Morgan fingerprint density at radius 3 is 1.90 bits per heavy atom. The van der Waals surface area contributed by atoms with Crippen LogP contribution in [0.1, 0.15) is 65.2 Å². The summed E-state index contributed by atoms with van der Waals surface area (Å²) in [6.07, 6.45) is 3.98. The Morgan fingerprint density at radius 2 is 1.45 bits per heavy atom. The van der Waals surface area contributed by atoms with Crippen molar-refractivity contribution in [2.75, 3.05) is 6.54 Å². The van der Waals surface area contributed by atoms with Crippen molar-refractivity contribution in [2.24, 2.45) is 5.73 Å². The lowest BCUT2D eigenvalue weighted by Crippen LogP contribution is -2.61. The fourth-order valence-electron chi connectivity index (χ4n) is 1.77. The van der Waals surface area contributed by atoms with Crippen molar-refractivity contribution in [1.29, 1.82) is 0 Å². The molecule has 0 aromatic carbocycles. The molecule has 0 aromatic rings. The fourth-order valence-corrected chi connectivity index (χ4v) is 1.77. The third-order valence-electron chi connectivity index (χ3n) is 3.38. The monoisotopic (exact) mass is 296 g/mol. The summed E-state index contributed by atoms with van der Waals surface area (Å²) in [6.45, 7) is 3.10. The van der Waals surface area contributed by atoms with E-state index in [-0.39, 0.29) is 6.54 Å². The molecule has 0 rings (SSSR count). The van der Waals surface area contributed by atoms with Gasteiger partial charge >= 0.3 is 6.18 Å². The van der Waals surface area contributed by atoms with Crippen molar-refractivity contribution >= 4 is 5.91 Å². The highest BCUT2D eigenvalue weighted by molar-refractivity contribution is 5.86. The second kappa shape index (κ2) is 9.21. The molecule has 1 amide bonds. The summed E-state index contributed by atoms with van der Waals surface area (Å²) in [5.41, 5.74) is 2.20. The van der Waals surface area contributed by atoms with Gasteiger partial charge in [-0.05, 0) is 13.3 Å². The Hall–Kier alpha value is -0.780. The summed E-state index contributed by atoms with van der Waals surface area (Å²) in [5, 5.41) is 2.26. The number of hydrogen-bond acceptors (Lipinski definition) is 2. The topological polar surface area (TPSA) is 55.1 Å². The SMILES string of the molecule is CCCCCCCCCCNC(=O)C(C)(N)C(F)(F)F. The molecular formula is C14H27F3N2O. The van der Waals surface area contributed by atoms with E-state index in [1.54, 1.807) is 0 Å². The quantitative estimate of drug-likeness (QED) is 0.606. The molecule has 0 aliphatic heterocycles. The van der Waals surface area contributed by atoms with Crippen molar-refractivity contribution in [3.63, 3.8) is 0 Å². The zero-order chi connectivity index (χ0) is 15.6. The van der Waals surface area contributed by atoms with Gasteiger partial charge in [0.1, 0.15) is 0 Å². The van der Waals surface area contributed by atoms with E-state index in [0.717, 1.165) is 19.3 Å². The molecule has 120 valence electrons. The second-order valence-corrected chi connectivity index (χ2v) is 5.43. The molecule has 0 spiro atoms. The van der Waals surface area contributed by atoms with Crippen LogP contribution in [-0.4, -0.2) is 24.2 Å². The smallest absolute Gasteiger partial charge is 0.354 e. The normalized spacial score (nSPS) is 14.9. The van der Waals surface area contributed by atoms with Crippen LogP contribution in [0, 0.1) is 0 Å². The van der Waals surface area contributed by atoms with Crippen LogP contribution in [-0.2, 0) is 4.79 Å². The second-order valence-electron chi connectivity index (χ2n) is 5.43. The lowest BCUT2D eigenvalue weighted by molar-refractivity contribution is -0.187. The van der Waals surface area contributed by atoms with Gasteiger partial charge in [0, 0.05) is 6.54 Å². The van der Waals surface area contributed by atoms with Gasteiger partial charge in [0.05, 0.1) is 0 Å². The lowest BCUT2D eigenvalue weighted by atomic mass is 10.0. The van der Waals surface area contributed by atoms with Gasteiger partial charge < -0.3 is 11.1 Å². The van der Waals surface area contributed by atoms with Gasteiger partial charge in [-0.15, -0.1) is 0 Å². The summed E-state index contributed by atoms with van der Waals surface area (Å²) < 4.78 is 37.4. The maximum Gasteiger partial charge on any atom is 0.415 e. The van der Waals surface area contributed by atoms with Crippen molar-refractivity contribution in [3.05, 3.63) is 0 Å². The summed E-state index contributed by atoms with van der Waals surface area (Å²) in [6, 6.07) is 0. The lowest BCUT2D eigenvalue weighted by Gasteiger charge is -2.26. The third-order valence-corrected chi connectivity index (χ3v) is 3.38. The molecule has 0 heterocycles. The first-order valence-corrected chi connectivity index (χ1v) is 7.37. The number of amides is 1. The number of alkyl halides is 3. The summed E-state index contributed by atoms with van der Waals surface area (Å²) >= 11 is 0. The Bertz CT molecular complexity index is 278. The van der Waals surface area contributed by atoms with Gasteiger partial charge in [0.2, 0.25) is 5.91 Å². The molecule has 0 aliphatic carbocycles. The van der Waals surface area contributed by atoms with Gasteiger partial charge in [-0.3, -0.25) is 4.79 Å². The van der Waals surface area contributed by atoms with Crippen molar-refractivity contribution in [1.82, 2.24) is 5.32 Å². The van der Waals surface area contributed by atoms with E-state index in [4.69, 9.17) is 5.73 Å². The minimum Gasteiger partial charge on any atom is -0.354 e. The first-order chi connectivity index (χ1) is 9.23. The van der Waals surface area contributed by atoms with Crippen molar-refractivity contribution in [3.8, 4) is 0 Å². The predicted octanol–water partition coefficient (Wildman–Crippen LogP) is 3.52. The molecule has 0 saturated heterocycles. The fraction of sp³-hybridized carbons (Fsp3) is 0.929. The highest BCUT2D eigenvalue weighted by Crippen LogP contribution is 2.27. The van der Waals surface area contributed by atoms with E-state index in [9.17, 15) is 18.0 Å². The van der Waals surface area contributed by atoms with Gasteiger partial charge in [0.25, 0.3) is 0 Å². The molecule has 0 radical (unpaired) electrons. The molecular weight excluding hydrogens is 269 g/mol. The molecule has 6 heteroatoms. The maximum atomic E-state index is 12.5. The Labute approximate surface area is 119 Å². The van der Waals surface area contributed by atoms with Crippen molar-refractivity contribution < 1.29 is 18.0 Å². The molecule has 0 aromatic heterocycles. The molecule has 0 aliphatic rings. The van der Waals surface area contributed by atoms with Crippen LogP contribution in [0.25, 0.3) is 0 Å². The molecule has 3 nitrogen and oxygen atoms in total. The van der Waals surface area contributed by atoms with Crippen LogP contribution < -0.4 is 11.1 Å². The molecule has 1 atom stereocenters. The highest BCUT2D eigenvalue weighted by atomic mass is 19.4. The van der Waals surface area contributed by atoms with E-state index in [0.29, 0.717) is 13.3 Å². The third kappa shape index (κ3) is 7.12. The van der Waals surface area contributed by atoms with Crippen LogP contribution in [0.2, 0.25) is 0 Å². The molecule has 20 heavy (non-hydrogen) atoms. The number of carbonyl (C=O) groups is 1. The molecule has 0 saturated carbocycles. The molecule has 1 unspecified atom stereocenters. The molecule has 0 bridgehead atoms. The van der Waals surface area contributed by atoms with Gasteiger partial charge in [0.15, 0.2) is 5.54 Å². The maximum absolute atomic E-state index is 12.5. The van der Waals surface area contributed by atoms with E-state index in [1.807, 2.05) is 0 Å². The van der Waals surface area contributed by atoms with Crippen molar-refractivity contribution in [2.45, 2.75) is 76.9 Å². The number of unbranched alkanes of at least 4 members (excludes halogenated alkanes) is 7. The zero-order valence-electron chi connectivity index (χ0n) is 12.5. The van der Waals surface area contributed by atoms with Crippen LogP contribution in [0.4, 0.5) is 13.2 Å². The standard InChI is InChI=1S/C14H27F3N2O/c1-3-4-5-6-7-8-9-10-11-19-12(20)13(2,18)14(15,16)17/h3-11,18H2,1-2H3,(H,19,20). The largest absolute Gasteiger partial charge is 0.415 e. The summed E-state index contributed by atoms with van der Waals surface area (Å²) in [4.78, 5) is 11.4. The van der Waals surface area contributed by atoms with Gasteiger partial charge in [-0.2, -0.15) is 13.2 Å². The number of hydrogen-bond donors (Lipinski definition) is 2. The van der Waals surface area contributed by atoms with E-state index >= 15 is 0 Å². The number of halogens is 3. The van der Waals surface area contributed by atoms with Crippen LogP contribution >= 0.6 is 0 Å². The Kier molecular flexibility index (Phi) is 8.85. The van der Waals surface area contributed by atoms with E-state index < -0.39 is 17.6 Å². The minimum atomic E-state index is -4.73. The summed E-state index contributed by atoms with van der Waals surface area (Å²) in [7, 11) is 0. The number of nitrogens with one attached hydrogen (secondary N) is 1. The van der Waals surface area contributed by atoms with Crippen LogP contribution in [0.5, 0.6) is 0 Å². The first kappa shape index (κ1) is 19.2. The predicted molar refractivity (Wildman–Crippen MR) is 74.3 cm³/mol. The van der Waals surface area contributed by atoms with E-state index in [2.05, 4.69) is 12.2 Å². The van der Waals surface area contributed by atoms with Gasteiger partial charge in [-0.1, -0.05) is 51.9 Å². The van der Waals surface area contributed by atoms with Crippen LogP contribution in [0.15, 0.2) is 0 Å².